The average Bonchev–Trinajstić information content (AvgIpc) is 2.47. The topological polar surface area (TPSA) is 21.3 Å². The molecule has 0 amide bonds. The van der Waals surface area contributed by atoms with Crippen LogP contribution in [0.4, 0.5) is 0 Å². The summed E-state index contributed by atoms with van der Waals surface area (Å²) in [6.45, 7) is 1.19. The van der Waals surface area contributed by atoms with Gasteiger partial charge >= 0.3 is 0 Å². The van der Waals surface area contributed by atoms with Gasteiger partial charge in [-0.25, -0.2) is 0 Å². The quantitative estimate of drug-likeness (QED) is 0.845. The number of rotatable bonds is 1. The summed E-state index contributed by atoms with van der Waals surface area (Å²) in [4.78, 5) is 0. The van der Waals surface area contributed by atoms with Gasteiger partial charge in [0.2, 0.25) is 0 Å². The van der Waals surface area contributed by atoms with Gasteiger partial charge in [-0.3, -0.25) is 0 Å². The van der Waals surface area contributed by atoms with E-state index in [1.807, 2.05) is 0 Å². The number of hydrogen-bond acceptors (Lipinski definition) is 2. The zero-order valence-electron chi connectivity index (χ0n) is 12.2. The highest BCUT2D eigenvalue weighted by Crippen LogP contribution is 2.54. The smallest absolute Gasteiger partial charge is 0.119 e. The van der Waals surface area contributed by atoms with Gasteiger partial charge in [-0.1, -0.05) is 18.9 Å². The molecule has 110 valence electrons. The van der Waals surface area contributed by atoms with Crippen molar-refractivity contribution in [1.82, 2.24) is 5.32 Å². The lowest BCUT2D eigenvalue weighted by Gasteiger charge is -2.56. The maximum Gasteiger partial charge on any atom is 0.119 e. The molecule has 1 saturated heterocycles. The van der Waals surface area contributed by atoms with Gasteiger partial charge in [-0.05, 0) is 61.4 Å². The van der Waals surface area contributed by atoms with E-state index >= 15 is 0 Å². The van der Waals surface area contributed by atoms with Crippen molar-refractivity contribution in [1.29, 1.82) is 0 Å². The van der Waals surface area contributed by atoms with E-state index in [2.05, 4.69) is 23.5 Å². The molecule has 2 bridgehead atoms. The van der Waals surface area contributed by atoms with Crippen LogP contribution in [0.5, 0.6) is 5.75 Å². The molecule has 20 heavy (non-hydrogen) atoms. The van der Waals surface area contributed by atoms with E-state index < -0.39 is 0 Å². The third-order valence-corrected chi connectivity index (χ3v) is 5.85. The molecule has 1 N–H and O–H groups in total. The second-order valence-corrected chi connectivity index (χ2v) is 6.55. The van der Waals surface area contributed by atoms with Crippen molar-refractivity contribution >= 4 is 17.0 Å². The molecule has 1 unspecified atom stereocenters. The molecule has 2 aliphatic carbocycles. The SMILES string of the molecule is Br.COc1ccc2c(c1)[C@]13CCCCC1[C@H](C2)NCC3. The number of halogens is 1. The molecule has 2 nitrogen and oxygen atoms in total. The normalized spacial score (nSPS) is 34.5. The number of fused-ring (bicyclic) bond motifs is 1. The Morgan fingerprint density at radius 3 is 3.00 bits per heavy atom. The molecule has 0 aromatic heterocycles. The Balaban J connectivity index is 0.00000121. The molecule has 1 saturated carbocycles. The van der Waals surface area contributed by atoms with Crippen molar-refractivity contribution in [3.63, 3.8) is 0 Å². The van der Waals surface area contributed by atoms with Crippen molar-refractivity contribution in [3.8, 4) is 5.75 Å². The molecule has 0 radical (unpaired) electrons. The van der Waals surface area contributed by atoms with E-state index in [4.69, 9.17) is 4.74 Å². The van der Waals surface area contributed by atoms with Crippen LogP contribution in [0.3, 0.4) is 0 Å². The van der Waals surface area contributed by atoms with Crippen LogP contribution in [-0.2, 0) is 11.8 Å². The molecule has 0 spiro atoms. The van der Waals surface area contributed by atoms with Crippen molar-refractivity contribution < 1.29 is 4.74 Å². The van der Waals surface area contributed by atoms with Gasteiger partial charge in [0.1, 0.15) is 5.75 Å². The number of nitrogens with one attached hydrogen (secondary N) is 1. The predicted molar refractivity (Wildman–Crippen MR) is 87.1 cm³/mol. The van der Waals surface area contributed by atoms with Gasteiger partial charge < -0.3 is 10.1 Å². The van der Waals surface area contributed by atoms with Gasteiger partial charge in [0.25, 0.3) is 0 Å². The van der Waals surface area contributed by atoms with Crippen LogP contribution in [0.2, 0.25) is 0 Å². The molecule has 1 aromatic rings. The molecule has 1 aromatic carbocycles. The lowest BCUT2D eigenvalue weighted by molar-refractivity contribution is 0.0795. The Kier molecular flexibility index (Phi) is 3.85. The Labute approximate surface area is 132 Å². The summed E-state index contributed by atoms with van der Waals surface area (Å²) in [5, 5.41) is 3.78. The number of hydrogen-bond donors (Lipinski definition) is 1. The van der Waals surface area contributed by atoms with Crippen molar-refractivity contribution in [2.24, 2.45) is 5.92 Å². The average molecular weight is 338 g/mol. The summed E-state index contributed by atoms with van der Waals surface area (Å²) in [5.74, 6) is 1.89. The Bertz CT molecular complexity index is 500. The predicted octanol–water partition coefficient (Wildman–Crippen LogP) is 3.62. The highest BCUT2D eigenvalue weighted by atomic mass is 79.9. The van der Waals surface area contributed by atoms with Crippen molar-refractivity contribution in [2.75, 3.05) is 13.7 Å². The number of piperidine rings is 1. The maximum atomic E-state index is 5.48. The molecular formula is C17H24BrNO. The fraction of sp³-hybridized carbons (Fsp3) is 0.647. The molecule has 3 aliphatic rings. The fourth-order valence-electron chi connectivity index (χ4n) is 5.03. The number of benzene rings is 1. The van der Waals surface area contributed by atoms with Gasteiger partial charge in [-0.2, -0.15) is 0 Å². The Morgan fingerprint density at radius 2 is 2.15 bits per heavy atom. The van der Waals surface area contributed by atoms with E-state index in [1.54, 1.807) is 18.2 Å². The first-order valence-corrected chi connectivity index (χ1v) is 7.74. The third kappa shape index (κ3) is 1.93. The van der Waals surface area contributed by atoms with E-state index in [0.717, 1.165) is 17.7 Å². The highest BCUT2D eigenvalue weighted by molar-refractivity contribution is 8.93. The molecule has 2 fully saturated rings. The summed E-state index contributed by atoms with van der Waals surface area (Å²) in [6, 6.07) is 7.50. The Morgan fingerprint density at radius 1 is 1.25 bits per heavy atom. The summed E-state index contributed by atoms with van der Waals surface area (Å²) >= 11 is 0. The monoisotopic (exact) mass is 337 g/mol. The largest absolute Gasteiger partial charge is 0.497 e. The molecule has 1 heterocycles. The fourth-order valence-corrected chi connectivity index (χ4v) is 5.03. The second kappa shape index (κ2) is 5.34. The van der Waals surface area contributed by atoms with E-state index in [0.29, 0.717) is 5.41 Å². The first-order chi connectivity index (χ1) is 9.33. The molecule has 3 atom stereocenters. The molecule has 3 heteroatoms. The van der Waals surface area contributed by atoms with Gasteiger partial charge in [0.15, 0.2) is 0 Å². The minimum atomic E-state index is 0. The third-order valence-electron chi connectivity index (χ3n) is 5.85. The minimum Gasteiger partial charge on any atom is -0.497 e. The van der Waals surface area contributed by atoms with E-state index in [9.17, 15) is 0 Å². The highest BCUT2D eigenvalue weighted by Gasteiger charge is 2.51. The summed E-state index contributed by atoms with van der Waals surface area (Å²) < 4.78 is 5.48. The van der Waals surface area contributed by atoms with Crippen LogP contribution < -0.4 is 10.1 Å². The first-order valence-electron chi connectivity index (χ1n) is 7.74. The molecule has 4 rings (SSSR count). The van der Waals surface area contributed by atoms with Crippen LogP contribution in [-0.4, -0.2) is 19.7 Å². The van der Waals surface area contributed by atoms with Crippen molar-refractivity contribution in [3.05, 3.63) is 29.3 Å². The standard InChI is InChI=1S/C17H23NO.BrH/c1-19-13-6-5-12-10-16-14-4-2-3-7-17(14,8-9-18-16)15(12)11-13;/h5-6,11,14,16,18H,2-4,7-10H2,1H3;1H/t14?,16-,17-;/m0./s1. The summed E-state index contributed by atoms with van der Waals surface area (Å²) in [7, 11) is 1.78. The molecular weight excluding hydrogens is 314 g/mol. The summed E-state index contributed by atoms with van der Waals surface area (Å²) in [5.41, 5.74) is 3.64. The van der Waals surface area contributed by atoms with Crippen LogP contribution in [0.1, 0.15) is 43.2 Å². The number of methoxy groups -OCH3 is 1. The van der Waals surface area contributed by atoms with Crippen LogP contribution >= 0.6 is 17.0 Å². The van der Waals surface area contributed by atoms with Gasteiger partial charge in [-0.15, -0.1) is 17.0 Å². The summed E-state index contributed by atoms with van der Waals surface area (Å²) in [6.07, 6.45) is 8.15. The van der Waals surface area contributed by atoms with Crippen LogP contribution in [0.15, 0.2) is 18.2 Å². The molecule has 1 aliphatic heterocycles. The zero-order chi connectivity index (χ0) is 12.9. The zero-order valence-corrected chi connectivity index (χ0v) is 13.9. The maximum absolute atomic E-state index is 5.48. The van der Waals surface area contributed by atoms with Gasteiger partial charge in [0.05, 0.1) is 7.11 Å². The van der Waals surface area contributed by atoms with Gasteiger partial charge in [0, 0.05) is 11.5 Å². The van der Waals surface area contributed by atoms with E-state index in [-0.39, 0.29) is 17.0 Å². The minimum absolute atomic E-state index is 0. The van der Waals surface area contributed by atoms with Crippen molar-refractivity contribution in [2.45, 2.75) is 50.0 Å². The van der Waals surface area contributed by atoms with Crippen LogP contribution in [0.25, 0.3) is 0 Å². The van der Waals surface area contributed by atoms with Crippen LogP contribution in [0, 0.1) is 5.92 Å². The first kappa shape index (κ1) is 14.4. The number of ether oxygens (including phenoxy) is 1. The lowest BCUT2D eigenvalue weighted by Crippen LogP contribution is -2.59. The van der Waals surface area contributed by atoms with E-state index in [1.165, 1.54) is 45.1 Å². The Hall–Kier alpha value is -0.540. The lowest BCUT2D eigenvalue weighted by atomic mass is 9.53. The second-order valence-electron chi connectivity index (χ2n) is 6.55.